The fourth-order valence-corrected chi connectivity index (χ4v) is 4.63. The molecule has 4 aromatic rings. The molecule has 2 unspecified atom stereocenters. The van der Waals surface area contributed by atoms with E-state index in [1.54, 1.807) is 55.6 Å². The number of ether oxygens (including phenoxy) is 2. The monoisotopic (exact) mass is 553 g/mol. The van der Waals surface area contributed by atoms with E-state index in [1.165, 1.54) is 29.2 Å². The van der Waals surface area contributed by atoms with Crippen molar-refractivity contribution in [2.45, 2.75) is 25.6 Å². The van der Waals surface area contributed by atoms with Crippen molar-refractivity contribution in [3.05, 3.63) is 125 Å². The number of nitrogens with one attached hydrogen (secondary N) is 2. The van der Waals surface area contributed by atoms with Crippen molar-refractivity contribution >= 4 is 29.3 Å². The lowest BCUT2D eigenvalue weighted by Gasteiger charge is -2.25. The fraction of sp³-hybridized carbons (Fsp3) is 0.156. The average Bonchev–Trinajstić information content (AvgIpc) is 3.31. The van der Waals surface area contributed by atoms with E-state index < -0.39 is 30.0 Å². The van der Waals surface area contributed by atoms with Crippen molar-refractivity contribution in [1.29, 1.82) is 0 Å². The van der Waals surface area contributed by atoms with Crippen LogP contribution in [-0.2, 0) is 16.1 Å². The van der Waals surface area contributed by atoms with Crippen molar-refractivity contribution in [1.82, 2.24) is 4.90 Å². The average molecular weight is 554 g/mol. The summed E-state index contributed by atoms with van der Waals surface area (Å²) in [4.78, 5) is 40.8. The lowest BCUT2D eigenvalue weighted by atomic mass is 9.99. The highest BCUT2D eigenvalue weighted by Gasteiger charge is 2.47. The number of rotatable bonds is 8. The maximum atomic E-state index is 13.6. The highest BCUT2D eigenvalue weighted by atomic mass is 19.1. The Hall–Kier alpha value is -5.18. The molecule has 5 rings (SSSR count). The van der Waals surface area contributed by atoms with Crippen LogP contribution in [-0.4, -0.2) is 36.0 Å². The first-order chi connectivity index (χ1) is 19.8. The second kappa shape index (κ2) is 11.9. The number of anilines is 2. The first kappa shape index (κ1) is 27.4. The molecule has 0 saturated carbocycles. The number of amides is 3. The van der Waals surface area contributed by atoms with E-state index in [1.807, 2.05) is 31.2 Å². The molecule has 208 valence electrons. The minimum Gasteiger partial charge on any atom is -0.497 e. The predicted octanol–water partition coefficient (Wildman–Crippen LogP) is 6.10. The summed E-state index contributed by atoms with van der Waals surface area (Å²) in [5.74, 6) is -0.557. The third kappa shape index (κ3) is 6.19. The second-order valence-electron chi connectivity index (χ2n) is 9.60. The number of aryl methyl sites for hydroxylation is 1. The predicted molar refractivity (Wildman–Crippen MR) is 152 cm³/mol. The molecule has 1 fully saturated rings. The maximum absolute atomic E-state index is 13.6. The number of methoxy groups -OCH3 is 1. The van der Waals surface area contributed by atoms with Crippen molar-refractivity contribution in [3.8, 4) is 5.75 Å². The third-order valence-corrected chi connectivity index (χ3v) is 6.92. The van der Waals surface area contributed by atoms with E-state index in [0.29, 0.717) is 28.3 Å². The maximum Gasteiger partial charge on any atom is 0.411 e. The molecule has 0 aromatic heterocycles. The molecular formula is C32H28FN3O5. The van der Waals surface area contributed by atoms with Crippen LogP contribution < -0.4 is 15.4 Å². The lowest BCUT2D eigenvalue weighted by Crippen LogP contribution is -2.43. The number of benzene rings is 4. The van der Waals surface area contributed by atoms with Crippen molar-refractivity contribution in [2.24, 2.45) is 0 Å². The van der Waals surface area contributed by atoms with Gasteiger partial charge in [0.15, 0.2) is 12.1 Å². The molecule has 4 aromatic carbocycles. The van der Waals surface area contributed by atoms with Crippen LogP contribution in [0.25, 0.3) is 0 Å². The first-order valence-corrected chi connectivity index (χ1v) is 13.0. The molecule has 8 nitrogen and oxygen atoms in total. The number of hydrogen-bond donors (Lipinski definition) is 2. The first-order valence-electron chi connectivity index (χ1n) is 13.0. The molecule has 1 aliphatic rings. The molecule has 1 saturated heterocycles. The van der Waals surface area contributed by atoms with Gasteiger partial charge in [-0.3, -0.25) is 14.5 Å². The van der Waals surface area contributed by atoms with Crippen molar-refractivity contribution in [3.63, 3.8) is 0 Å². The minimum atomic E-state index is -1.01. The van der Waals surface area contributed by atoms with E-state index in [9.17, 15) is 18.8 Å². The molecule has 0 spiro atoms. The van der Waals surface area contributed by atoms with Crippen LogP contribution in [0.2, 0.25) is 0 Å². The van der Waals surface area contributed by atoms with Gasteiger partial charge in [-0.1, -0.05) is 36.4 Å². The normalized spacial score (nSPS) is 16.2. The highest BCUT2D eigenvalue weighted by Crippen LogP contribution is 2.35. The van der Waals surface area contributed by atoms with Crippen LogP contribution in [0.1, 0.15) is 33.2 Å². The Morgan fingerprint density at radius 2 is 1.51 bits per heavy atom. The Morgan fingerprint density at radius 3 is 2.17 bits per heavy atom. The SMILES string of the molecule is COc1ccc(C(=O)Nc2ccc(C3OC(=O)N(Cc4ccccc4C)C3C(=O)Nc3ccc(F)cc3)cc2)cc1. The molecule has 1 heterocycles. The van der Waals surface area contributed by atoms with Crippen molar-refractivity contribution < 1.29 is 28.2 Å². The van der Waals surface area contributed by atoms with E-state index >= 15 is 0 Å². The summed E-state index contributed by atoms with van der Waals surface area (Å²) in [7, 11) is 1.55. The zero-order valence-corrected chi connectivity index (χ0v) is 22.5. The molecule has 1 aliphatic heterocycles. The Morgan fingerprint density at radius 1 is 0.878 bits per heavy atom. The van der Waals surface area contributed by atoms with Gasteiger partial charge in [0.1, 0.15) is 11.6 Å². The summed E-state index contributed by atoms with van der Waals surface area (Å²) in [6.07, 6.45) is -1.55. The van der Waals surface area contributed by atoms with Gasteiger partial charge in [0.25, 0.3) is 11.8 Å². The van der Waals surface area contributed by atoms with E-state index in [-0.39, 0.29) is 12.5 Å². The topological polar surface area (TPSA) is 97.0 Å². The van der Waals surface area contributed by atoms with Crippen LogP contribution in [0.3, 0.4) is 0 Å². The van der Waals surface area contributed by atoms with Crippen LogP contribution in [0.15, 0.2) is 97.1 Å². The fourth-order valence-electron chi connectivity index (χ4n) is 4.63. The zero-order chi connectivity index (χ0) is 28.9. The van der Waals surface area contributed by atoms with Gasteiger partial charge in [0.2, 0.25) is 0 Å². The van der Waals surface area contributed by atoms with Gasteiger partial charge in [0, 0.05) is 16.9 Å². The zero-order valence-electron chi connectivity index (χ0n) is 22.5. The number of halogens is 1. The molecular weight excluding hydrogens is 525 g/mol. The Bertz CT molecular complexity index is 1560. The number of carbonyl (C=O) groups excluding carboxylic acids is 3. The van der Waals surface area contributed by atoms with Gasteiger partial charge in [0.05, 0.1) is 13.7 Å². The lowest BCUT2D eigenvalue weighted by molar-refractivity contribution is -0.121. The third-order valence-electron chi connectivity index (χ3n) is 6.92. The number of carbonyl (C=O) groups is 3. The number of cyclic esters (lactones) is 1. The smallest absolute Gasteiger partial charge is 0.411 e. The molecule has 0 bridgehead atoms. The largest absolute Gasteiger partial charge is 0.497 e. The molecule has 9 heteroatoms. The quantitative estimate of drug-likeness (QED) is 0.275. The summed E-state index contributed by atoms with van der Waals surface area (Å²) in [5.41, 5.74) is 3.81. The Labute approximate surface area is 236 Å². The van der Waals surface area contributed by atoms with Crippen LogP contribution in [0.4, 0.5) is 20.6 Å². The van der Waals surface area contributed by atoms with E-state index in [0.717, 1.165) is 11.1 Å². The minimum absolute atomic E-state index is 0.166. The summed E-state index contributed by atoms with van der Waals surface area (Å²) < 4.78 is 24.3. The van der Waals surface area contributed by atoms with Gasteiger partial charge < -0.3 is 20.1 Å². The standard InChI is InChI=1S/C32H28FN3O5/c1-20-5-3-4-6-23(20)19-36-28(31(38)35-26-15-11-24(33)12-16-26)29(41-32(36)39)21-7-13-25(14-8-21)34-30(37)22-9-17-27(40-2)18-10-22/h3-18,28-29H,19H2,1-2H3,(H,34,37)(H,35,38). The molecule has 41 heavy (non-hydrogen) atoms. The van der Waals surface area contributed by atoms with Crippen LogP contribution in [0, 0.1) is 12.7 Å². The summed E-state index contributed by atoms with van der Waals surface area (Å²) in [5, 5.41) is 5.61. The Kier molecular flexibility index (Phi) is 7.96. The van der Waals surface area contributed by atoms with Crippen LogP contribution >= 0.6 is 0 Å². The van der Waals surface area contributed by atoms with Crippen molar-refractivity contribution in [2.75, 3.05) is 17.7 Å². The molecule has 2 atom stereocenters. The number of hydrogen-bond acceptors (Lipinski definition) is 5. The van der Waals surface area contributed by atoms with Crippen LogP contribution in [0.5, 0.6) is 5.75 Å². The van der Waals surface area contributed by atoms with E-state index in [2.05, 4.69) is 10.6 Å². The molecule has 0 aliphatic carbocycles. The molecule has 2 N–H and O–H groups in total. The molecule has 3 amide bonds. The Balaban J connectivity index is 1.38. The van der Waals surface area contributed by atoms with Gasteiger partial charge in [-0.2, -0.15) is 0 Å². The van der Waals surface area contributed by atoms with Gasteiger partial charge in [-0.25, -0.2) is 9.18 Å². The van der Waals surface area contributed by atoms with Gasteiger partial charge in [-0.05, 0) is 84.3 Å². The summed E-state index contributed by atoms with van der Waals surface area (Å²) in [6.45, 7) is 2.10. The summed E-state index contributed by atoms with van der Waals surface area (Å²) in [6, 6.07) is 25.5. The van der Waals surface area contributed by atoms with Gasteiger partial charge in [-0.15, -0.1) is 0 Å². The number of nitrogens with zero attached hydrogens (tertiary/aromatic N) is 1. The highest BCUT2D eigenvalue weighted by molar-refractivity contribution is 6.04. The second-order valence-corrected chi connectivity index (χ2v) is 9.60. The summed E-state index contributed by atoms with van der Waals surface area (Å²) >= 11 is 0. The van der Waals surface area contributed by atoms with Gasteiger partial charge >= 0.3 is 6.09 Å². The van der Waals surface area contributed by atoms with E-state index in [4.69, 9.17) is 9.47 Å². The molecule has 0 radical (unpaired) electrons.